The molecule has 0 aliphatic carbocycles. The maximum absolute atomic E-state index is 12.7. The van der Waals surface area contributed by atoms with E-state index in [1.807, 2.05) is 30.4 Å². The van der Waals surface area contributed by atoms with Crippen molar-refractivity contribution in [1.29, 1.82) is 0 Å². The van der Waals surface area contributed by atoms with Gasteiger partial charge in [-0.1, -0.05) is 13.8 Å². The number of urea groups is 1. The third-order valence-corrected chi connectivity index (χ3v) is 4.65. The molecule has 0 spiro atoms. The quantitative estimate of drug-likeness (QED) is 0.877. The van der Waals surface area contributed by atoms with Crippen LogP contribution >= 0.6 is 0 Å². The lowest BCUT2D eigenvalue weighted by atomic mass is 10.1. The Bertz CT molecular complexity index is 615. The standard InChI is InChI=1S/C18H31N5O2/c1-6-19-18(25)22-9-7-21(8-10-22)17(24)11-16-14(4)20-23(15(16)5)12-13(2)3/h13H,6-12H2,1-5H3,(H,19,25). The second kappa shape index (κ2) is 8.36. The van der Waals surface area contributed by atoms with Crippen LogP contribution in [0.4, 0.5) is 4.79 Å². The van der Waals surface area contributed by atoms with Crippen LogP contribution in [0.5, 0.6) is 0 Å². The van der Waals surface area contributed by atoms with Gasteiger partial charge >= 0.3 is 6.03 Å². The molecule has 1 aromatic heterocycles. The fourth-order valence-electron chi connectivity index (χ4n) is 3.20. The molecule has 7 heteroatoms. The lowest BCUT2D eigenvalue weighted by Gasteiger charge is -2.34. The van der Waals surface area contributed by atoms with Crippen LogP contribution in [0.25, 0.3) is 0 Å². The van der Waals surface area contributed by atoms with Gasteiger partial charge in [0.1, 0.15) is 0 Å². The summed E-state index contributed by atoms with van der Waals surface area (Å²) in [7, 11) is 0. The van der Waals surface area contributed by atoms with Crippen molar-refractivity contribution in [2.75, 3.05) is 32.7 Å². The topological polar surface area (TPSA) is 70.5 Å². The van der Waals surface area contributed by atoms with Crippen molar-refractivity contribution in [3.05, 3.63) is 17.0 Å². The predicted octanol–water partition coefficient (Wildman–Crippen LogP) is 1.57. The Morgan fingerprint density at radius 2 is 1.72 bits per heavy atom. The number of nitrogens with zero attached hydrogens (tertiary/aromatic N) is 4. The predicted molar refractivity (Wildman–Crippen MR) is 97.5 cm³/mol. The largest absolute Gasteiger partial charge is 0.339 e. The maximum Gasteiger partial charge on any atom is 0.317 e. The Labute approximate surface area is 150 Å². The molecule has 140 valence electrons. The Morgan fingerprint density at radius 1 is 1.12 bits per heavy atom. The summed E-state index contributed by atoms with van der Waals surface area (Å²) >= 11 is 0. The molecule has 7 nitrogen and oxygen atoms in total. The fourth-order valence-corrected chi connectivity index (χ4v) is 3.20. The average Bonchev–Trinajstić information content (AvgIpc) is 2.82. The van der Waals surface area contributed by atoms with E-state index in [1.54, 1.807) is 4.90 Å². The van der Waals surface area contributed by atoms with E-state index in [1.165, 1.54) is 0 Å². The van der Waals surface area contributed by atoms with Gasteiger partial charge in [-0.3, -0.25) is 9.48 Å². The lowest BCUT2D eigenvalue weighted by molar-refractivity contribution is -0.131. The Kier molecular flexibility index (Phi) is 6.45. The summed E-state index contributed by atoms with van der Waals surface area (Å²) in [6.07, 6.45) is 0.386. The molecule has 2 heterocycles. The number of rotatable bonds is 5. The Morgan fingerprint density at radius 3 is 2.28 bits per heavy atom. The van der Waals surface area contributed by atoms with Gasteiger partial charge in [-0.15, -0.1) is 0 Å². The minimum absolute atomic E-state index is 0.0451. The zero-order valence-corrected chi connectivity index (χ0v) is 16.1. The minimum Gasteiger partial charge on any atom is -0.339 e. The summed E-state index contributed by atoms with van der Waals surface area (Å²) in [6.45, 7) is 14.1. The van der Waals surface area contributed by atoms with E-state index in [-0.39, 0.29) is 11.9 Å². The molecule has 1 fully saturated rings. The van der Waals surface area contributed by atoms with Crippen LogP contribution in [0.15, 0.2) is 0 Å². The normalized spacial score (nSPS) is 15.0. The molecule has 25 heavy (non-hydrogen) atoms. The van der Waals surface area contributed by atoms with Crippen molar-refractivity contribution in [2.45, 2.75) is 47.6 Å². The van der Waals surface area contributed by atoms with E-state index in [4.69, 9.17) is 0 Å². The number of amides is 3. The average molecular weight is 349 g/mol. The first kappa shape index (κ1) is 19.3. The van der Waals surface area contributed by atoms with Crippen LogP contribution in [0, 0.1) is 19.8 Å². The second-order valence-electron chi connectivity index (χ2n) is 7.11. The van der Waals surface area contributed by atoms with Gasteiger partial charge in [0.05, 0.1) is 12.1 Å². The lowest BCUT2D eigenvalue weighted by Crippen LogP contribution is -2.53. The van der Waals surface area contributed by atoms with Crippen LogP contribution < -0.4 is 5.32 Å². The van der Waals surface area contributed by atoms with Gasteiger partial charge in [0.25, 0.3) is 0 Å². The molecule has 1 aliphatic rings. The fraction of sp³-hybridized carbons (Fsp3) is 0.722. The SMILES string of the molecule is CCNC(=O)N1CCN(C(=O)Cc2c(C)nn(CC(C)C)c2C)CC1. The Balaban J connectivity index is 1.95. The first-order valence-corrected chi connectivity index (χ1v) is 9.16. The first-order valence-electron chi connectivity index (χ1n) is 9.16. The number of aromatic nitrogens is 2. The third kappa shape index (κ3) is 4.74. The molecule has 1 saturated heterocycles. The maximum atomic E-state index is 12.7. The molecular weight excluding hydrogens is 318 g/mol. The highest BCUT2D eigenvalue weighted by Gasteiger charge is 2.25. The first-order chi connectivity index (χ1) is 11.8. The number of carbonyl (C=O) groups is 2. The van der Waals surface area contributed by atoms with Gasteiger partial charge in [0, 0.05) is 50.5 Å². The molecule has 1 aromatic rings. The summed E-state index contributed by atoms with van der Waals surface area (Å²) in [5, 5.41) is 7.39. The molecule has 0 atom stereocenters. The molecule has 0 saturated carbocycles. The second-order valence-corrected chi connectivity index (χ2v) is 7.11. The van der Waals surface area contributed by atoms with Crippen LogP contribution in [0.1, 0.15) is 37.7 Å². The van der Waals surface area contributed by atoms with E-state index in [9.17, 15) is 9.59 Å². The number of hydrogen-bond donors (Lipinski definition) is 1. The van der Waals surface area contributed by atoms with Gasteiger partial charge in [-0.25, -0.2) is 4.79 Å². The Hall–Kier alpha value is -2.05. The molecular formula is C18H31N5O2. The molecule has 0 aromatic carbocycles. The van der Waals surface area contributed by atoms with E-state index >= 15 is 0 Å². The zero-order valence-electron chi connectivity index (χ0n) is 16.1. The van der Waals surface area contributed by atoms with Crippen molar-refractivity contribution in [1.82, 2.24) is 24.9 Å². The van der Waals surface area contributed by atoms with Crippen molar-refractivity contribution in [2.24, 2.45) is 5.92 Å². The van der Waals surface area contributed by atoms with Crippen molar-refractivity contribution >= 4 is 11.9 Å². The third-order valence-electron chi connectivity index (χ3n) is 4.65. The van der Waals surface area contributed by atoms with Gasteiger partial charge in [0.15, 0.2) is 0 Å². The summed E-state index contributed by atoms with van der Waals surface area (Å²) in [6, 6.07) is -0.0451. The van der Waals surface area contributed by atoms with E-state index in [0.29, 0.717) is 45.1 Å². The van der Waals surface area contributed by atoms with Gasteiger partial charge in [0.2, 0.25) is 5.91 Å². The highest BCUT2D eigenvalue weighted by molar-refractivity contribution is 5.80. The van der Waals surface area contributed by atoms with E-state index < -0.39 is 0 Å². The van der Waals surface area contributed by atoms with E-state index in [2.05, 4.69) is 24.3 Å². The molecule has 1 N–H and O–H groups in total. The monoisotopic (exact) mass is 349 g/mol. The molecule has 0 radical (unpaired) electrons. The molecule has 0 bridgehead atoms. The van der Waals surface area contributed by atoms with Crippen molar-refractivity contribution in [3.63, 3.8) is 0 Å². The minimum atomic E-state index is -0.0451. The van der Waals surface area contributed by atoms with Gasteiger partial charge in [-0.2, -0.15) is 5.10 Å². The van der Waals surface area contributed by atoms with Crippen LogP contribution in [-0.2, 0) is 17.8 Å². The molecule has 2 rings (SSSR count). The summed E-state index contributed by atoms with van der Waals surface area (Å²) in [5.74, 6) is 0.634. The highest BCUT2D eigenvalue weighted by Crippen LogP contribution is 2.17. The molecule has 1 aliphatic heterocycles. The molecule has 0 unspecified atom stereocenters. The van der Waals surface area contributed by atoms with Crippen molar-refractivity contribution in [3.8, 4) is 0 Å². The van der Waals surface area contributed by atoms with Crippen LogP contribution in [0.3, 0.4) is 0 Å². The summed E-state index contributed by atoms with van der Waals surface area (Å²) < 4.78 is 2.01. The smallest absolute Gasteiger partial charge is 0.317 e. The number of carbonyl (C=O) groups excluding carboxylic acids is 2. The van der Waals surface area contributed by atoms with Crippen molar-refractivity contribution < 1.29 is 9.59 Å². The van der Waals surface area contributed by atoms with E-state index in [0.717, 1.165) is 23.5 Å². The molecule has 3 amide bonds. The number of hydrogen-bond acceptors (Lipinski definition) is 3. The summed E-state index contributed by atoms with van der Waals surface area (Å²) in [5.41, 5.74) is 3.06. The van der Waals surface area contributed by atoms with Crippen LogP contribution in [0.2, 0.25) is 0 Å². The van der Waals surface area contributed by atoms with Crippen LogP contribution in [-0.4, -0.2) is 64.2 Å². The number of piperazine rings is 1. The number of nitrogens with one attached hydrogen (secondary N) is 1. The zero-order chi connectivity index (χ0) is 18.6. The summed E-state index contributed by atoms with van der Waals surface area (Å²) in [4.78, 5) is 28.1. The van der Waals surface area contributed by atoms with Gasteiger partial charge in [-0.05, 0) is 26.7 Å². The number of aryl methyl sites for hydroxylation is 1. The van der Waals surface area contributed by atoms with Gasteiger partial charge < -0.3 is 15.1 Å². The highest BCUT2D eigenvalue weighted by atomic mass is 16.2.